The lowest BCUT2D eigenvalue weighted by Gasteiger charge is -2.12. The standard InChI is InChI=1S/C18H17N3O7S2/c1-9-3-6-15(29(23,24)25)14(7-9)20-21-16-10(2)8-12-11(17(16)22)4-5-13(19)18(12)30(26,27)28/h3-8,22H,19H2,1-2H3,(H,23,24,25)(H,26,27,28). The highest BCUT2D eigenvalue weighted by Gasteiger charge is 2.22. The average Bonchev–Trinajstić information content (AvgIpc) is 2.59. The van der Waals surface area contributed by atoms with Crippen molar-refractivity contribution < 1.29 is 31.0 Å². The Morgan fingerprint density at radius 1 is 0.867 bits per heavy atom. The van der Waals surface area contributed by atoms with Crippen LogP contribution in [0, 0.1) is 13.8 Å². The average molecular weight is 451 g/mol. The molecular weight excluding hydrogens is 434 g/mol. The van der Waals surface area contributed by atoms with Gasteiger partial charge in [0.2, 0.25) is 0 Å². The minimum atomic E-state index is -4.67. The number of anilines is 1. The lowest BCUT2D eigenvalue weighted by Crippen LogP contribution is -2.04. The Labute approximate surface area is 172 Å². The molecule has 0 spiro atoms. The maximum atomic E-state index is 11.7. The number of aromatic hydroxyl groups is 1. The van der Waals surface area contributed by atoms with Crippen LogP contribution in [0.1, 0.15) is 11.1 Å². The molecule has 3 aromatic rings. The van der Waals surface area contributed by atoms with Crippen molar-refractivity contribution in [2.45, 2.75) is 23.6 Å². The molecule has 0 heterocycles. The van der Waals surface area contributed by atoms with Crippen molar-refractivity contribution in [1.29, 1.82) is 0 Å². The maximum absolute atomic E-state index is 11.7. The van der Waals surface area contributed by atoms with Gasteiger partial charge in [-0.25, -0.2) is 0 Å². The van der Waals surface area contributed by atoms with E-state index in [9.17, 15) is 31.0 Å². The number of nitrogens with two attached hydrogens (primary N) is 1. The normalized spacial score (nSPS) is 12.7. The van der Waals surface area contributed by atoms with Crippen molar-refractivity contribution in [1.82, 2.24) is 0 Å². The zero-order valence-electron chi connectivity index (χ0n) is 15.7. The number of aryl methyl sites for hydroxylation is 2. The smallest absolute Gasteiger partial charge is 0.297 e. The molecular formula is C18H17N3O7S2. The number of nitrogens with zero attached hydrogens (tertiary/aromatic N) is 2. The second-order valence-corrected chi connectivity index (χ2v) is 9.34. The number of phenols is 1. The van der Waals surface area contributed by atoms with E-state index in [0.29, 0.717) is 5.56 Å². The Morgan fingerprint density at radius 2 is 1.53 bits per heavy atom. The van der Waals surface area contributed by atoms with Gasteiger partial charge in [0, 0.05) is 10.8 Å². The highest BCUT2D eigenvalue weighted by atomic mass is 32.2. The van der Waals surface area contributed by atoms with E-state index in [1.807, 2.05) is 0 Å². The molecule has 0 amide bonds. The summed E-state index contributed by atoms with van der Waals surface area (Å²) in [5, 5.41) is 18.4. The van der Waals surface area contributed by atoms with Crippen molar-refractivity contribution in [2.24, 2.45) is 10.2 Å². The predicted octanol–water partition coefficient (Wildman–Crippen LogP) is 3.65. The second kappa shape index (κ2) is 7.32. The molecule has 0 saturated heterocycles. The first kappa shape index (κ1) is 21.6. The highest BCUT2D eigenvalue weighted by molar-refractivity contribution is 7.86. The van der Waals surface area contributed by atoms with Crippen molar-refractivity contribution in [2.75, 3.05) is 5.73 Å². The third kappa shape index (κ3) is 3.98. The minimum absolute atomic E-state index is 0.0133. The van der Waals surface area contributed by atoms with Gasteiger partial charge < -0.3 is 10.8 Å². The molecule has 5 N–H and O–H groups in total. The molecule has 12 heteroatoms. The van der Waals surface area contributed by atoms with Crippen LogP contribution in [0.3, 0.4) is 0 Å². The first-order chi connectivity index (χ1) is 13.8. The van der Waals surface area contributed by atoms with Crippen molar-refractivity contribution in [3.63, 3.8) is 0 Å². The lowest BCUT2D eigenvalue weighted by atomic mass is 10.0. The van der Waals surface area contributed by atoms with E-state index < -0.39 is 35.8 Å². The molecule has 0 aromatic heterocycles. The van der Waals surface area contributed by atoms with E-state index in [2.05, 4.69) is 10.2 Å². The number of hydrogen-bond acceptors (Lipinski definition) is 8. The fourth-order valence-corrected chi connectivity index (χ4v) is 4.42. The minimum Gasteiger partial charge on any atom is -0.505 e. The fourth-order valence-electron chi connectivity index (χ4n) is 3.01. The van der Waals surface area contributed by atoms with Gasteiger partial charge in [0.15, 0.2) is 5.75 Å². The number of phenolic OH excluding ortho intramolecular Hbond substituents is 1. The molecule has 0 saturated carbocycles. The molecule has 0 atom stereocenters. The Kier molecular flexibility index (Phi) is 5.28. The van der Waals surface area contributed by atoms with Crippen molar-refractivity contribution in [3.05, 3.63) is 47.5 Å². The van der Waals surface area contributed by atoms with Crippen LogP contribution in [0.25, 0.3) is 10.8 Å². The third-order valence-electron chi connectivity index (χ3n) is 4.35. The summed E-state index contributed by atoms with van der Waals surface area (Å²) in [6.07, 6.45) is 0. The molecule has 3 rings (SSSR count). The first-order valence-electron chi connectivity index (χ1n) is 8.33. The monoisotopic (exact) mass is 451 g/mol. The van der Waals surface area contributed by atoms with Crippen LogP contribution in [0.15, 0.2) is 56.4 Å². The van der Waals surface area contributed by atoms with Crippen LogP contribution < -0.4 is 5.73 Å². The SMILES string of the molecule is Cc1ccc(S(=O)(=O)O)c(N=Nc2c(C)cc3c(S(=O)(=O)O)c(N)ccc3c2O)c1. The van der Waals surface area contributed by atoms with Gasteiger partial charge in [0.1, 0.15) is 21.2 Å². The van der Waals surface area contributed by atoms with E-state index in [4.69, 9.17) is 5.73 Å². The molecule has 0 aliphatic heterocycles. The summed E-state index contributed by atoms with van der Waals surface area (Å²) in [7, 11) is -9.23. The first-order valence-corrected chi connectivity index (χ1v) is 11.2. The number of benzene rings is 3. The highest BCUT2D eigenvalue weighted by Crippen LogP contribution is 2.42. The largest absolute Gasteiger partial charge is 0.505 e. The second-order valence-electron chi connectivity index (χ2n) is 6.59. The molecule has 0 fully saturated rings. The van der Waals surface area contributed by atoms with E-state index in [1.165, 1.54) is 43.3 Å². The van der Waals surface area contributed by atoms with Crippen molar-refractivity contribution in [3.8, 4) is 5.75 Å². The predicted molar refractivity (Wildman–Crippen MR) is 110 cm³/mol. The van der Waals surface area contributed by atoms with Crippen molar-refractivity contribution >= 4 is 48.1 Å². The van der Waals surface area contributed by atoms with Gasteiger partial charge in [0.25, 0.3) is 20.2 Å². The molecule has 158 valence electrons. The number of hydrogen-bond donors (Lipinski definition) is 4. The Balaban J connectivity index is 2.25. The van der Waals surface area contributed by atoms with E-state index in [0.717, 1.165) is 0 Å². The summed E-state index contributed by atoms with van der Waals surface area (Å²) in [5.41, 5.74) is 6.21. The maximum Gasteiger partial charge on any atom is 0.297 e. The van der Waals surface area contributed by atoms with Crippen LogP contribution in [-0.4, -0.2) is 31.0 Å². The van der Waals surface area contributed by atoms with Crippen LogP contribution in [0.4, 0.5) is 17.1 Å². The van der Waals surface area contributed by atoms with Crippen LogP contribution in [0.5, 0.6) is 5.75 Å². The fraction of sp³-hybridized carbons (Fsp3) is 0.111. The molecule has 0 aliphatic carbocycles. The molecule has 0 aliphatic rings. The molecule has 30 heavy (non-hydrogen) atoms. The number of fused-ring (bicyclic) bond motifs is 1. The van der Waals surface area contributed by atoms with Gasteiger partial charge in [-0.1, -0.05) is 6.07 Å². The Bertz CT molecular complexity index is 1430. The van der Waals surface area contributed by atoms with Crippen LogP contribution in [0.2, 0.25) is 0 Å². The van der Waals surface area contributed by atoms with Crippen LogP contribution in [-0.2, 0) is 20.2 Å². The van der Waals surface area contributed by atoms with E-state index in [1.54, 1.807) is 6.92 Å². The van der Waals surface area contributed by atoms with E-state index in [-0.39, 0.29) is 33.4 Å². The zero-order chi connectivity index (χ0) is 22.4. The van der Waals surface area contributed by atoms with Gasteiger partial charge in [-0.2, -0.15) is 16.8 Å². The molecule has 0 radical (unpaired) electrons. The Hall–Kier alpha value is -3.06. The topological polar surface area (TPSA) is 180 Å². The number of azo groups is 1. The molecule has 3 aromatic carbocycles. The quantitative estimate of drug-likeness (QED) is 0.263. The van der Waals surface area contributed by atoms with Gasteiger partial charge in [-0.05, 0) is 55.3 Å². The Morgan fingerprint density at radius 3 is 2.13 bits per heavy atom. The number of nitrogen functional groups attached to an aromatic ring is 1. The summed E-state index contributed by atoms with van der Waals surface area (Å²) >= 11 is 0. The van der Waals surface area contributed by atoms with Gasteiger partial charge in [-0.3, -0.25) is 9.11 Å². The van der Waals surface area contributed by atoms with E-state index >= 15 is 0 Å². The zero-order valence-corrected chi connectivity index (χ0v) is 17.4. The number of rotatable bonds is 4. The molecule has 10 nitrogen and oxygen atoms in total. The summed E-state index contributed by atoms with van der Waals surface area (Å²) in [4.78, 5) is -1.01. The van der Waals surface area contributed by atoms with Crippen LogP contribution >= 0.6 is 0 Å². The summed E-state index contributed by atoms with van der Waals surface area (Å²) in [6, 6.07) is 7.94. The van der Waals surface area contributed by atoms with Gasteiger partial charge >= 0.3 is 0 Å². The van der Waals surface area contributed by atoms with Gasteiger partial charge in [0.05, 0.1) is 5.69 Å². The summed E-state index contributed by atoms with van der Waals surface area (Å²) < 4.78 is 65.4. The summed E-state index contributed by atoms with van der Waals surface area (Å²) in [6.45, 7) is 3.19. The summed E-state index contributed by atoms with van der Waals surface area (Å²) in [5.74, 6) is -0.445. The lowest BCUT2D eigenvalue weighted by molar-refractivity contribution is 0.481. The third-order valence-corrected chi connectivity index (χ3v) is 6.22. The molecule has 0 unspecified atom stereocenters. The molecule has 0 bridgehead atoms. The van der Waals surface area contributed by atoms with Gasteiger partial charge in [-0.15, -0.1) is 10.2 Å².